The van der Waals surface area contributed by atoms with Crippen molar-refractivity contribution < 1.29 is 9.90 Å². The second kappa shape index (κ2) is 1.93. The van der Waals surface area contributed by atoms with Gasteiger partial charge in [-0.05, 0) is 0 Å². The van der Waals surface area contributed by atoms with Gasteiger partial charge in [0.15, 0.2) is 0 Å². The molecule has 0 aromatic heterocycles. The molecular formula is C8H7N3O2. The molecule has 5 heteroatoms. The topological polar surface area (TPSA) is 56.1 Å². The summed E-state index contributed by atoms with van der Waals surface area (Å²) in [5, 5.41) is 8.84. The largest absolute Gasteiger partial charge is 0.464 e. The van der Waals surface area contributed by atoms with Crippen molar-refractivity contribution in [1.29, 1.82) is 0 Å². The maximum Gasteiger partial charge on any atom is 0.415 e. The lowest BCUT2D eigenvalue weighted by Gasteiger charge is -2.19. The van der Waals surface area contributed by atoms with Gasteiger partial charge in [-0.1, -0.05) is 0 Å². The summed E-state index contributed by atoms with van der Waals surface area (Å²) in [6.45, 7) is 0.608. The molecule has 0 saturated heterocycles. The Bertz CT molecular complexity index is 394. The smallest absolute Gasteiger partial charge is 0.415 e. The van der Waals surface area contributed by atoms with Crippen molar-refractivity contribution in [1.82, 2.24) is 9.80 Å². The minimum atomic E-state index is -0.913. The number of nitrogens with zero attached hydrogens (tertiary/aromatic N) is 3. The van der Waals surface area contributed by atoms with Gasteiger partial charge in [-0.3, -0.25) is 9.89 Å². The molecule has 1 N–H and O–H groups in total. The fourth-order valence-electron chi connectivity index (χ4n) is 1.92. The molecule has 1 amide bonds. The van der Waals surface area contributed by atoms with Crippen molar-refractivity contribution in [3.63, 3.8) is 0 Å². The molecule has 0 aromatic rings. The number of hydrogen-bond acceptors (Lipinski definition) is 3. The number of carboxylic acid groups (broad SMARTS) is 1. The Hall–Kier alpha value is -1.78. The molecule has 0 aliphatic carbocycles. The Labute approximate surface area is 74.3 Å². The van der Waals surface area contributed by atoms with Crippen LogP contribution in [-0.4, -0.2) is 33.9 Å². The highest BCUT2D eigenvalue weighted by molar-refractivity contribution is 5.76. The molecule has 5 nitrogen and oxygen atoms in total. The highest BCUT2D eigenvalue weighted by Crippen LogP contribution is 2.40. The van der Waals surface area contributed by atoms with Gasteiger partial charge in [0, 0.05) is 18.3 Å². The van der Waals surface area contributed by atoms with E-state index in [-0.39, 0.29) is 0 Å². The molecule has 3 aliphatic rings. The van der Waals surface area contributed by atoms with Crippen LogP contribution in [0.2, 0.25) is 0 Å². The third-order valence-electron chi connectivity index (χ3n) is 2.50. The molecule has 3 rings (SSSR count). The van der Waals surface area contributed by atoms with Crippen molar-refractivity contribution >= 4 is 12.4 Å². The van der Waals surface area contributed by atoms with Crippen molar-refractivity contribution in [2.45, 2.75) is 6.42 Å². The Morgan fingerprint density at radius 1 is 1.54 bits per heavy atom. The molecule has 0 atom stereocenters. The predicted octanol–water partition coefficient (Wildman–Crippen LogP) is 0.781. The van der Waals surface area contributed by atoms with Crippen LogP contribution in [0.1, 0.15) is 6.42 Å². The molecule has 0 radical (unpaired) electrons. The van der Waals surface area contributed by atoms with Gasteiger partial charge in [0.1, 0.15) is 0 Å². The Kier molecular flexibility index (Phi) is 0.995. The zero-order valence-electron chi connectivity index (χ0n) is 6.77. The molecule has 3 aliphatic heterocycles. The summed E-state index contributed by atoms with van der Waals surface area (Å²) in [5.41, 5.74) is 2.88. The van der Waals surface area contributed by atoms with Crippen LogP contribution in [0, 0.1) is 0 Å². The summed E-state index contributed by atoms with van der Waals surface area (Å²) in [4.78, 5) is 18.1. The lowest BCUT2D eigenvalue weighted by molar-refractivity contribution is 0.172. The van der Waals surface area contributed by atoms with E-state index in [1.54, 1.807) is 12.5 Å². The molecule has 0 spiro atoms. The van der Waals surface area contributed by atoms with Crippen LogP contribution in [0.3, 0.4) is 0 Å². The van der Waals surface area contributed by atoms with Crippen LogP contribution < -0.4 is 0 Å². The summed E-state index contributed by atoms with van der Waals surface area (Å²) in [7, 11) is 0. The molecule has 66 valence electrons. The summed E-state index contributed by atoms with van der Waals surface area (Å²) >= 11 is 0. The van der Waals surface area contributed by atoms with Crippen LogP contribution in [0.25, 0.3) is 0 Å². The predicted molar refractivity (Wildman–Crippen MR) is 44.8 cm³/mol. The second-order valence-electron chi connectivity index (χ2n) is 3.17. The van der Waals surface area contributed by atoms with E-state index in [1.807, 2.05) is 4.90 Å². The van der Waals surface area contributed by atoms with Crippen molar-refractivity contribution in [3.05, 3.63) is 23.3 Å². The SMILES string of the molecule is O=C(O)N1C=C2CC1=C1CN=CN21. The van der Waals surface area contributed by atoms with Gasteiger partial charge in [-0.15, -0.1) is 0 Å². The monoisotopic (exact) mass is 177 g/mol. The fourth-order valence-corrected chi connectivity index (χ4v) is 1.92. The first-order valence-corrected chi connectivity index (χ1v) is 4.01. The van der Waals surface area contributed by atoms with Gasteiger partial charge in [-0.2, -0.15) is 0 Å². The molecule has 13 heavy (non-hydrogen) atoms. The molecule has 0 unspecified atom stereocenters. The highest BCUT2D eigenvalue weighted by Gasteiger charge is 2.38. The van der Waals surface area contributed by atoms with Crippen LogP contribution >= 0.6 is 0 Å². The van der Waals surface area contributed by atoms with E-state index < -0.39 is 6.09 Å². The molecule has 2 bridgehead atoms. The number of hydrogen-bond donors (Lipinski definition) is 1. The summed E-state index contributed by atoms with van der Waals surface area (Å²) in [6, 6.07) is 0. The summed E-state index contributed by atoms with van der Waals surface area (Å²) < 4.78 is 0. The number of rotatable bonds is 0. The first kappa shape index (κ1) is 6.71. The Balaban J connectivity index is 2.08. The standard InChI is InChI=1S/C8H7N3O2/c12-8(13)10-3-5-1-6(10)7-2-9-4-11(5)7/h3-4H,1-2H2,(H,12,13). The van der Waals surface area contributed by atoms with E-state index in [2.05, 4.69) is 4.99 Å². The highest BCUT2D eigenvalue weighted by atomic mass is 16.4. The Morgan fingerprint density at radius 2 is 2.38 bits per heavy atom. The van der Waals surface area contributed by atoms with Crippen LogP contribution in [-0.2, 0) is 0 Å². The van der Waals surface area contributed by atoms with Gasteiger partial charge in [0.05, 0.1) is 24.3 Å². The van der Waals surface area contributed by atoms with E-state index in [0.717, 1.165) is 23.5 Å². The first-order valence-electron chi connectivity index (χ1n) is 4.01. The lowest BCUT2D eigenvalue weighted by Crippen LogP contribution is -2.26. The lowest BCUT2D eigenvalue weighted by atomic mass is 10.3. The Morgan fingerprint density at radius 3 is 3.15 bits per heavy atom. The molecule has 0 saturated carbocycles. The normalized spacial score (nSPS) is 22.9. The van der Waals surface area contributed by atoms with Crippen molar-refractivity contribution in [3.8, 4) is 0 Å². The maximum absolute atomic E-state index is 10.8. The van der Waals surface area contributed by atoms with Gasteiger partial charge in [0.2, 0.25) is 0 Å². The third-order valence-corrected chi connectivity index (χ3v) is 2.50. The zero-order valence-corrected chi connectivity index (χ0v) is 6.77. The zero-order chi connectivity index (χ0) is 9.00. The van der Waals surface area contributed by atoms with E-state index in [4.69, 9.17) is 5.11 Å². The quantitative estimate of drug-likeness (QED) is 0.594. The van der Waals surface area contributed by atoms with Crippen LogP contribution in [0.5, 0.6) is 0 Å². The summed E-state index contributed by atoms with van der Waals surface area (Å²) in [5.74, 6) is 0. The van der Waals surface area contributed by atoms with Crippen molar-refractivity contribution in [2.24, 2.45) is 4.99 Å². The second-order valence-corrected chi connectivity index (χ2v) is 3.17. The molecule has 3 heterocycles. The maximum atomic E-state index is 10.8. The van der Waals surface area contributed by atoms with Gasteiger partial charge < -0.3 is 10.0 Å². The summed E-state index contributed by atoms with van der Waals surface area (Å²) in [6.07, 6.45) is 3.23. The number of carbonyl (C=O) groups is 1. The molecule has 0 aromatic carbocycles. The van der Waals surface area contributed by atoms with Gasteiger partial charge in [-0.25, -0.2) is 4.79 Å². The van der Waals surface area contributed by atoms with E-state index in [0.29, 0.717) is 6.54 Å². The minimum Gasteiger partial charge on any atom is -0.464 e. The van der Waals surface area contributed by atoms with E-state index in [9.17, 15) is 4.79 Å². The average Bonchev–Trinajstić information content (AvgIpc) is 2.75. The third kappa shape index (κ3) is 0.665. The number of fused-ring (bicyclic) bond motifs is 4. The average molecular weight is 177 g/mol. The van der Waals surface area contributed by atoms with Crippen LogP contribution in [0.4, 0.5) is 4.79 Å². The van der Waals surface area contributed by atoms with Gasteiger partial charge in [0.25, 0.3) is 0 Å². The minimum absolute atomic E-state index is 0.608. The fraction of sp³-hybridized carbons (Fsp3) is 0.250. The molecular weight excluding hydrogens is 170 g/mol. The van der Waals surface area contributed by atoms with Crippen LogP contribution in [0.15, 0.2) is 28.3 Å². The number of amides is 1. The first-order chi connectivity index (χ1) is 6.27. The van der Waals surface area contributed by atoms with E-state index in [1.165, 1.54) is 4.90 Å². The van der Waals surface area contributed by atoms with Gasteiger partial charge >= 0.3 is 6.09 Å². The van der Waals surface area contributed by atoms with E-state index >= 15 is 0 Å². The van der Waals surface area contributed by atoms with Crippen molar-refractivity contribution in [2.75, 3.05) is 6.54 Å². The number of aliphatic imine (C=N–C) groups is 1. The molecule has 0 fully saturated rings.